The highest BCUT2D eigenvalue weighted by Crippen LogP contribution is 2.34. The van der Waals surface area contributed by atoms with Gasteiger partial charge in [0, 0.05) is 45.3 Å². The Kier molecular flexibility index (Phi) is 7.57. The Morgan fingerprint density at radius 2 is 1.78 bits per heavy atom. The molecule has 1 unspecified atom stereocenters. The molecule has 174 valence electrons. The molecule has 32 heavy (non-hydrogen) atoms. The average molecular weight is 447 g/mol. The Hall–Kier alpha value is -3.27. The lowest BCUT2D eigenvalue weighted by molar-refractivity contribution is -0.139. The van der Waals surface area contributed by atoms with Crippen molar-refractivity contribution in [3.05, 3.63) is 35.0 Å². The van der Waals surface area contributed by atoms with Crippen LogP contribution in [0.2, 0.25) is 0 Å². The van der Waals surface area contributed by atoms with E-state index in [0.717, 1.165) is 0 Å². The fourth-order valence-corrected chi connectivity index (χ4v) is 3.92. The van der Waals surface area contributed by atoms with E-state index < -0.39 is 18.0 Å². The summed E-state index contributed by atoms with van der Waals surface area (Å²) in [5.41, 5.74) is 1.50. The molecule has 2 heterocycles. The zero-order valence-corrected chi connectivity index (χ0v) is 18.9. The summed E-state index contributed by atoms with van der Waals surface area (Å²) >= 11 is 0. The van der Waals surface area contributed by atoms with Gasteiger partial charge < -0.3 is 29.7 Å². The number of hydrogen-bond donors (Lipinski definition) is 2. The molecule has 1 aromatic carbocycles. The van der Waals surface area contributed by atoms with Gasteiger partial charge in [-0.05, 0) is 24.6 Å². The van der Waals surface area contributed by atoms with E-state index in [0.29, 0.717) is 61.1 Å². The quantitative estimate of drug-likeness (QED) is 0.603. The molecular weight excluding hydrogens is 416 g/mol. The van der Waals surface area contributed by atoms with Gasteiger partial charge in [0.15, 0.2) is 11.5 Å². The third-order valence-corrected chi connectivity index (χ3v) is 5.59. The van der Waals surface area contributed by atoms with Crippen LogP contribution in [-0.4, -0.2) is 81.3 Å². The first-order valence-electron chi connectivity index (χ1n) is 10.5. The molecule has 2 N–H and O–H groups in total. The maximum absolute atomic E-state index is 13.0. The third-order valence-electron chi connectivity index (χ3n) is 5.59. The van der Waals surface area contributed by atoms with Crippen molar-refractivity contribution in [3.8, 4) is 11.5 Å². The van der Waals surface area contributed by atoms with Crippen molar-refractivity contribution in [2.24, 2.45) is 0 Å². The Bertz CT molecular complexity index is 908. The molecule has 0 radical (unpaired) electrons. The molecule has 10 heteroatoms. The Balaban J connectivity index is 1.95. The number of esters is 1. The lowest BCUT2D eigenvalue weighted by Crippen LogP contribution is -2.52. The van der Waals surface area contributed by atoms with Crippen LogP contribution in [0, 0.1) is 0 Å². The number of benzene rings is 1. The van der Waals surface area contributed by atoms with Gasteiger partial charge in [-0.1, -0.05) is 6.07 Å². The number of carbonyl (C=O) groups excluding carboxylic acids is 3. The van der Waals surface area contributed by atoms with Crippen molar-refractivity contribution < 1.29 is 28.6 Å². The maximum atomic E-state index is 13.0. The van der Waals surface area contributed by atoms with Crippen LogP contribution in [0.5, 0.6) is 11.5 Å². The number of ether oxygens (including phenoxy) is 3. The summed E-state index contributed by atoms with van der Waals surface area (Å²) in [5, 5.41) is 5.61. The van der Waals surface area contributed by atoms with E-state index in [2.05, 4.69) is 15.5 Å². The molecular formula is C22H30N4O6. The molecule has 1 aromatic rings. The topological polar surface area (TPSA) is 109 Å². The highest BCUT2D eigenvalue weighted by atomic mass is 16.5. The first-order valence-corrected chi connectivity index (χ1v) is 10.5. The smallest absolute Gasteiger partial charge is 0.338 e. The number of nitrogens with zero attached hydrogens (tertiary/aromatic N) is 2. The summed E-state index contributed by atoms with van der Waals surface area (Å²) in [6.07, 6.45) is 0. The van der Waals surface area contributed by atoms with Gasteiger partial charge in [0.2, 0.25) is 5.91 Å². The average Bonchev–Trinajstić information content (AvgIpc) is 2.78. The molecule has 2 aliphatic rings. The Morgan fingerprint density at radius 1 is 1.09 bits per heavy atom. The number of urea groups is 1. The van der Waals surface area contributed by atoms with E-state index in [-0.39, 0.29) is 12.5 Å². The molecule has 2 aliphatic heterocycles. The number of rotatable bonds is 7. The van der Waals surface area contributed by atoms with Crippen molar-refractivity contribution in [3.63, 3.8) is 0 Å². The molecule has 0 aliphatic carbocycles. The van der Waals surface area contributed by atoms with Crippen molar-refractivity contribution >= 4 is 17.9 Å². The maximum Gasteiger partial charge on any atom is 0.338 e. The molecule has 1 atom stereocenters. The summed E-state index contributed by atoms with van der Waals surface area (Å²) in [5.74, 6) is 0.571. The number of carbonyl (C=O) groups is 3. The molecule has 3 amide bonds. The predicted octanol–water partition coefficient (Wildman–Crippen LogP) is 1.04. The molecule has 1 fully saturated rings. The summed E-state index contributed by atoms with van der Waals surface area (Å²) < 4.78 is 16.0. The van der Waals surface area contributed by atoms with E-state index in [1.807, 2.05) is 0 Å². The number of hydrogen-bond acceptors (Lipinski definition) is 7. The van der Waals surface area contributed by atoms with Crippen LogP contribution in [0.15, 0.2) is 29.5 Å². The van der Waals surface area contributed by atoms with Crippen LogP contribution in [-0.2, 0) is 14.3 Å². The summed E-state index contributed by atoms with van der Waals surface area (Å²) in [6.45, 7) is 6.34. The largest absolute Gasteiger partial charge is 0.493 e. The normalized spacial score (nSPS) is 19.2. The van der Waals surface area contributed by atoms with E-state index in [4.69, 9.17) is 14.2 Å². The zero-order valence-electron chi connectivity index (χ0n) is 18.9. The molecule has 0 spiro atoms. The number of amides is 3. The lowest BCUT2D eigenvalue weighted by Gasteiger charge is -2.36. The van der Waals surface area contributed by atoms with Crippen molar-refractivity contribution in [2.75, 3.05) is 53.6 Å². The minimum atomic E-state index is -0.712. The van der Waals surface area contributed by atoms with Crippen LogP contribution in [0.4, 0.5) is 4.79 Å². The van der Waals surface area contributed by atoms with Crippen molar-refractivity contribution in [2.45, 2.75) is 19.9 Å². The van der Waals surface area contributed by atoms with Gasteiger partial charge in [0.1, 0.15) is 0 Å². The SMILES string of the molecule is CCOC(=O)C1=C(CN2CCN(C(C)=O)CC2)NC(=O)NC1c1ccc(OC)c(OC)c1. The Labute approximate surface area is 187 Å². The second kappa shape index (κ2) is 10.4. The van der Waals surface area contributed by atoms with Gasteiger partial charge in [-0.2, -0.15) is 0 Å². The minimum absolute atomic E-state index is 0.0414. The van der Waals surface area contributed by atoms with Crippen molar-refractivity contribution in [1.29, 1.82) is 0 Å². The fraction of sp³-hybridized carbons (Fsp3) is 0.500. The highest BCUT2D eigenvalue weighted by Gasteiger charge is 2.35. The summed E-state index contributed by atoms with van der Waals surface area (Å²) in [7, 11) is 3.06. The number of piperazine rings is 1. The zero-order chi connectivity index (χ0) is 23.3. The highest BCUT2D eigenvalue weighted by molar-refractivity contribution is 5.95. The first kappa shape index (κ1) is 23.4. The fourth-order valence-electron chi connectivity index (χ4n) is 3.92. The summed E-state index contributed by atoms with van der Waals surface area (Å²) in [6, 6.07) is 4.12. The van der Waals surface area contributed by atoms with E-state index in [1.165, 1.54) is 14.2 Å². The molecule has 0 saturated carbocycles. The van der Waals surface area contributed by atoms with Gasteiger partial charge in [-0.15, -0.1) is 0 Å². The van der Waals surface area contributed by atoms with Gasteiger partial charge >= 0.3 is 12.0 Å². The van der Waals surface area contributed by atoms with Gasteiger partial charge in [0.25, 0.3) is 0 Å². The first-order chi connectivity index (χ1) is 15.4. The van der Waals surface area contributed by atoms with Crippen molar-refractivity contribution in [1.82, 2.24) is 20.4 Å². The predicted molar refractivity (Wildman–Crippen MR) is 116 cm³/mol. The number of methoxy groups -OCH3 is 2. The number of nitrogens with one attached hydrogen (secondary N) is 2. The minimum Gasteiger partial charge on any atom is -0.493 e. The van der Waals surface area contributed by atoms with Crippen LogP contribution in [0.25, 0.3) is 0 Å². The second-order valence-electron chi connectivity index (χ2n) is 7.54. The van der Waals surface area contributed by atoms with E-state index >= 15 is 0 Å². The van der Waals surface area contributed by atoms with Crippen LogP contribution >= 0.6 is 0 Å². The molecule has 10 nitrogen and oxygen atoms in total. The monoisotopic (exact) mass is 446 g/mol. The Morgan fingerprint density at radius 3 is 2.38 bits per heavy atom. The standard InChI is InChI=1S/C22H30N4O6/c1-5-32-21(28)19-16(13-25-8-10-26(11-9-25)14(2)27)23-22(29)24-20(19)15-6-7-17(30-3)18(12-15)31-4/h6-7,12,20H,5,8-11,13H2,1-4H3,(H2,23,24,29). The second-order valence-corrected chi connectivity index (χ2v) is 7.54. The summed E-state index contributed by atoms with van der Waals surface area (Å²) in [4.78, 5) is 41.0. The van der Waals surface area contributed by atoms with E-state index in [1.54, 1.807) is 36.9 Å². The van der Waals surface area contributed by atoms with Gasteiger partial charge in [0.05, 0.1) is 32.4 Å². The van der Waals surface area contributed by atoms with Crippen LogP contribution < -0.4 is 20.1 Å². The van der Waals surface area contributed by atoms with Gasteiger partial charge in [-0.3, -0.25) is 9.69 Å². The lowest BCUT2D eigenvalue weighted by atomic mass is 9.94. The van der Waals surface area contributed by atoms with Crippen LogP contribution in [0.1, 0.15) is 25.5 Å². The van der Waals surface area contributed by atoms with E-state index in [9.17, 15) is 14.4 Å². The van der Waals surface area contributed by atoms with Crippen LogP contribution in [0.3, 0.4) is 0 Å². The molecule has 0 aromatic heterocycles. The van der Waals surface area contributed by atoms with Gasteiger partial charge in [-0.25, -0.2) is 9.59 Å². The molecule has 1 saturated heterocycles. The molecule has 3 rings (SSSR count). The third kappa shape index (κ3) is 5.13. The molecule has 0 bridgehead atoms.